The van der Waals surface area contributed by atoms with Gasteiger partial charge in [-0.15, -0.1) is 0 Å². The fourth-order valence-electron chi connectivity index (χ4n) is 2.61. The molecular weight excluding hydrogens is 284 g/mol. The second kappa shape index (κ2) is 8.32. The van der Waals surface area contributed by atoms with E-state index in [0.717, 1.165) is 50.2 Å². The summed E-state index contributed by atoms with van der Waals surface area (Å²) >= 11 is 4.96. The van der Waals surface area contributed by atoms with Gasteiger partial charge in [-0.25, -0.2) is 0 Å². The van der Waals surface area contributed by atoms with Crippen LogP contribution in [-0.2, 0) is 0 Å². The summed E-state index contributed by atoms with van der Waals surface area (Å²) in [7, 11) is 0. The van der Waals surface area contributed by atoms with Gasteiger partial charge < -0.3 is 20.5 Å². The molecule has 1 aromatic carbocycles. The molecule has 0 atom stereocenters. The molecule has 1 saturated heterocycles. The maximum Gasteiger partial charge on any atom is 0.119 e. The highest BCUT2D eigenvalue weighted by Crippen LogP contribution is 2.17. The lowest BCUT2D eigenvalue weighted by atomic mass is 9.98. The Kier molecular flexibility index (Phi) is 6.42. The van der Waals surface area contributed by atoms with Gasteiger partial charge in [-0.2, -0.15) is 0 Å². The highest BCUT2D eigenvalue weighted by Gasteiger charge is 2.17. The molecule has 4 nitrogen and oxygen atoms in total. The largest absolute Gasteiger partial charge is 0.494 e. The number of nitrogens with two attached hydrogens (primary N) is 1. The van der Waals surface area contributed by atoms with Crippen LogP contribution in [0.25, 0.3) is 0 Å². The Labute approximate surface area is 131 Å². The van der Waals surface area contributed by atoms with E-state index in [0.29, 0.717) is 24.1 Å². The molecule has 21 heavy (non-hydrogen) atoms. The van der Waals surface area contributed by atoms with Crippen LogP contribution in [-0.4, -0.2) is 47.8 Å². The fraction of sp³-hybridized carbons (Fsp3) is 0.562. The van der Waals surface area contributed by atoms with E-state index in [1.165, 1.54) is 0 Å². The number of ether oxygens (including phenoxy) is 1. The predicted octanol–water partition coefficient (Wildman–Crippen LogP) is 1.79. The van der Waals surface area contributed by atoms with Crippen LogP contribution in [0.4, 0.5) is 0 Å². The monoisotopic (exact) mass is 308 g/mol. The molecule has 3 N–H and O–H groups in total. The number of hydrogen-bond acceptors (Lipinski definition) is 4. The zero-order valence-corrected chi connectivity index (χ0v) is 13.1. The van der Waals surface area contributed by atoms with Crippen molar-refractivity contribution in [3.8, 4) is 5.75 Å². The van der Waals surface area contributed by atoms with Gasteiger partial charge in [-0.1, -0.05) is 24.4 Å². The van der Waals surface area contributed by atoms with Crippen LogP contribution >= 0.6 is 12.2 Å². The summed E-state index contributed by atoms with van der Waals surface area (Å²) < 4.78 is 5.75. The first kappa shape index (κ1) is 16.2. The van der Waals surface area contributed by atoms with Crippen LogP contribution in [0, 0.1) is 5.92 Å². The summed E-state index contributed by atoms with van der Waals surface area (Å²) in [6, 6.07) is 7.60. The number of likely N-dealkylation sites (tertiary alicyclic amines) is 1. The van der Waals surface area contributed by atoms with Gasteiger partial charge in [0.2, 0.25) is 0 Å². The van der Waals surface area contributed by atoms with E-state index < -0.39 is 0 Å². The number of rotatable bonds is 7. The van der Waals surface area contributed by atoms with Crippen LogP contribution < -0.4 is 10.5 Å². The Morgan fingerprint density at radius 2 is 2.14 bits per heavy atom. The quantitative estimate of drug-likeness (QED) is 0.594. The Morgan fingerprint density at radius 1 is 1.38 bits per heavy atom. The van der Waals surface area contributed by atoms with Crippen LogP contribution in [0.15, 0.2) is 24.3 Å². The van der Waals surface area contributed by atoms with E-state index >= 15 is 0 Å². The van der Waals surface area contributed by atoms with Crippen LogP contribution in [0.2, 0.25) is 0 Å². The third kappa shape index (κ3) is 5.26. The topological polar surface area (TPSA) is 58.7 Å². The highest BCUT2D eigenvalue weighted by molar-refractivity contribution is 7.80. The van der Waals surface area contributed by atoms with E-state index in [4.69, 9.17) is 27.8 Å². The first-order valence-corrected chi connectivity index (χ1v) is 7.95. The Bertz CT molecular complexity index is 459. The lowest BCUT2D eigenvalue weighted by Gasteiger charge is -2.30. The molecule has 1 heterocycles. The SMILES string of the molecule is NC(=S)c1cccc(OCCCN2CCC(CO)CC2)c1. The zero-order chi connectivity index (χ0) is 15.1. The second-order valence-corrected chi connectivity index (χ2v) is 6.00. The fourth-order valence-corrected chi connectivity index (χ4v) is 2.74. The summed E-state index contributed by atoms with van der Waals surface area (Å²) in [5, 5.41) is 9.12. The molecular formula is C16H24N2O2S. The molecule has 1 aliphatic rings. The number of piperidine rings is 1. The molecule has 1 aromatic rings. The highest BCUT2D eigenvalue weighted by atomic mass is 32.1. The predicted molar refractivity (Wildman–Crippen MR) is 88.7 cm³/mol. The maximum absolute atomic E-state index is 9.12. The summed E-state index contributed by atoms with van der Waals surface area (Å²) in [4.78, 5) is 2.84. The number of thiocarbonyl (C=S) groups is 1. The van der Waals surface area contributed by atoms with Crippen LogP contribution in [0.1, 0.15) is 24.8 Å². The second-order valence-electron chi connectivity index (χ2n) is 5.56. The molecule has 0 amide bonds. The summed E-state index contributed by atoms with van der Waals surface area (Å²) in [5.74, 6) is 1.32. The molecule has 0 saturated carbocycles. The minimum Gasteiger partial charge on any atom is -0.494 e. The van der Waals surface area contributed by atoms with E-state index in [9.17, 15) is 0 Å². The van der Waals surface area contributed by atoms with Crippen molar-refractivity contribution in [3.63, 3.8) is 0 Å². The molecule has 0 unspecified atom stereocenters. The molecule has 1 fully saturated rings. The first-order valence-electron chi connectivity index (χ1n) is 7.55. The average Bonchev–Trinajstić information content (AvgIpc) is 2.52. The van der Waals surface area contributed by atoms with Crippen LogP contribution in [0.3, 0.4) is 0 Å². The van der Waals surface area contributed by atoms with Gasteiger partial charge in [0.05, 0.1) is 6.61 Å². The molecule has 0 aromatic heterocycles. The first-order chi connectivity index (χ1) is 10.2. The van der Waals surface area contributed by atoms with E-state index in [1.54, 1.807) is 0 Å². The molecule has 0 radical (unpaired) electrons. The number of aliphatic hydroxyl groups excluding tert-OH is 1. The van der Waals surface area contributed by atoms with E-state index in [1.807, 2.05) is 24.3 Å². The number of nitrogens with zero attached hydrogens (tertiary/aromatic N) is 1. The van der Waals surface area contributed by atoms with Crippen molar-refractivity contribution in [3.05, 3.63) is 29.8 Å². The number of hydrogen-bond donors (Lipinski definition) is 2. The molecule has 0 aliphatic carbocycles. The minimum absolute atomic E-state index is 0.330. The standard InChI is InChI=1S/C16H24N2O2S/c17-16(21)14-3-1-4-15(11-14)20-10-2-7-18-8-5-13(12-19)6-9-18/h1,3-4,11,13,19H,2,5-10,12H2,(H2,17,21). The molecule has 0 bridgehead atoms. The lowest BCUT2D eigenvalue weighted by Crippen LogP contribution is -2.35. The molecule has 1 aliphatic heterocycles. The number of benzene rings is 1. The molecule has 116 valence electrons. The number of aliphatic hydroxyl groups is 1. The van der Waals surface area contributed by atoms with E-state index in [2.05, 4.69) is 4.90 Å². The normalized spacial score (nSPS) is 16.8. The van der Waals surface area contributed by atoms with Gasteiger partial charge in [-0.3, -0.25) is 0 Å². The van der Waals surface area contributed by atoms with Crippen molar-refractivity contribution in [2.75, 3.05) is 32.8 Å². The van der Waals surface area contributed by atoms with Crippen LogP contribution in [0.5, 0.6) is 5.75 Å². The van der Waals surface area contributed by atoms with E-state index in [-0.39, 0.29) is 0 Å². The minimum atomic E-state index is 0.330. The van der Waals surface area contributed by atoms with Crippen molar-refractivity contribution in [2.45, 2.75) is 19.3 Å². The third-order valence-electron chi connectivity index (χ3n) is 3.97. The van der Waals surface area contributed by atoms with Gasteiger partial charge in [0, 0.05) is 18.7 Å². The Hall–Kier alpha value is -1.17. The van der Waals surface area contributed by atoms with Gasteiger partial charge in [0.1, 0.15) is 10.7 Å². The van der Waals surface area contributed by atoms with Crippen molar-refractivity contribution in [1.82, 2.24) is 4.90 Å². The smallest absolute Gasteiger partial charge is 0.119 e. The van der Waals surface area contributed by atoms with Crippen molar-refractivity contribution in [1.29, 1.82) is 0 Å². The summed E-state index contributed by atoms with van der Waals surface area (Å²) in [6.45, 7) is 4.24. The van der Waals surface area contributed by atoms with Gasteiger partial charge in [-0.05, 0) is 50.4 Å². The Balaban J connectivity index is 1.66. The van der Waals surface area contributed by atoms with Crippen molar-refractivity contribution >= 4 is 17.2 Å². The average molecular weight is 308 g/mol. The van der Waals surface area contributed by atoms with Crippen molar-refractivity contribution in [2.24, 2.45) is 11.7 Å². The Morgan fingerprint density at radius 3 is 2.81 bits per heavy atom. The summed E-state index contributed by atoms with van der Waals surface area (Å²) in [5.41, 5.74) is 6.45. The molecule has 0 spiro atoms. The van der Waals surface area contributed by atoms with Gasteiger partial charge in [0.15, 0.2) is 0 Å². The van der Waals surface area contributed by atoms with Gasteiger partial charge >= 0.3 is 0 Å². The maximum atomic E-state index is 9.12. The van der Waals surface area contributed by atoms with Gasteiger partial charge in [0.25, 0.3) is 0 Å². The summed E-state index contributed by atoms with van der Waals surface area (Å²) in [6.07, 6.45) is 3.21. The molecule has 5 heteroatoms. The van der Waals surface area contributed by atoms with Crippen molar-refractivity contribution < 1.29 is 9.84 Å². The third-order valence-corrected chi connectivity index (χ3v) is 4.21. The lowest BCUT2D eigenvalue weighted by molar-refractivity contribution is 0.126. The zero-order valence-electron chi connectivity index (χ0n) is 12.3. The molecule has 2 rings (SSSR count).